The average Bonchev–Trinajstić information content (AvgIpc) is 2.62. The fraction of sp³-hybridized carbons (Fsp3) is 0.158. The molecule has 3 rings (SSSR count). The Morgan fingerprint density at radius 3 is 2.38 bits per heavy atom. The van der Waals surface area contributed by atoms with E-state index in [9.17, 15) is 4.79 Å². The SMILES string of the molecule is Cl.Nc1ccc(OCCCc2c(-c3ccccc3)nc(N)[nH]c2=O)cc1. The summed E-state index contributed by atoms with van der Waals surface area (Å²) in [4.78, 5) is 19.2. The molecule has 0 saturated carbocycles. The second-order valence-electron chi connectivity index (χ2n) is 5.67. The molecule has 2 aromatic carbocycles. The van der Waals surface area contributed by atoms with Gasteiger partial charge in [0.1, 0.15) is 5.75 Å². The van der Waals surface area contributed by atoms with Crippen LogP contribution in [0.1, 0.15) is 12.0 Å². The lowest BCUT2D eigenvalue weighted by Crippen LogP contribution is -2.19. The summed E-state index contributed by atoms with van der Waals surface area (Å²) in [5, 5.41) is 0. The van der Waals surface area contributed by atoms with Crippen LogP contribution in [0.25, 0.3) is 11.3 Å². The minimum absolute atomic E-state index is 0. The average molecular weight is 373 g/mol. The van der Waals surface area contributed by atoms with Crippen molar-refractivity contribution in [1.29, 1.82) is 0 Å². The molecule has 0 unspecified atom stereocenters. The number of aromatic nitrogens is 2. The second kappa shape index (κ2) is 8.92. The van der Waals surface area contributed by atoms with E-state index in [2.05, 4.69) is 9.97 Å². The highest BCUT2D eigenvalue weighted by Gasteiger charge is 2.12. The molecule has 1 heterocycles. The molecule has 3 aromatic rings. The number of nitrogens with two attached hydrogens (primary N) is 2. The minimum Gasteiger partial charge on any atom is -0.494 e. The second-order valence-corrected chi connectivity index (χ2v) is 5.67. The quantitative estimate of drug-likeness (QED) is 0.455. The van der Waals surface area contributed by atoms with E-state index in [1.807, 2.05) is 42.5 Å². The van der Waals surface area contributed by atoms with E-state index in [0.29, 0.717) is 36.4 Å². The summed E-state index contributed by atoms with van der Waals surface area (Å²) >= 11 is 0. The number of H-pyrrole nitrogens is 1. The first-order chi connectivity index (χ1) is 12.1. The fourth-order valence-corrected chi connectivity index (χ4v) is 2.58. The Morgan fingerprint density at radius 2 is 1.69 bits per heavy atom. The van der Waals surface area contributed by atoms with Gasteiger partial charge in [-0.3, -0.25) is 9.78 Å². The van der Waals surface area contributed by atoms with Gasteiger partial charge in [-0.25, -0.2) is 4.98 Å². The van der Waals surface area contributed by atoms with Crippen LogP contribution in [-0.2, 0) is 6.42 Å². The molecule has 136 valence electrons. The number of anilines is 2. The predicted octanol–water partition coefficient (Wildman–Crippen LogP) is 3.03. The maximum absolute atomic E-state index is 12.3. The van der Waals surface area contributed by atoms with E-state index in [-0.39, 0.29) is 23.9 Å². The molecule has 0 aliphatic carbocycles. The van der Waals surface area contributed by atoms with Crippen molar-refractivity contribution in [3.63, 3.8) is 0 Å². The largest absolute Gasteiger partial charge is 0.494 e. The van der Waals surface area contributed by atoms with Gasteiger partial charge in [0.25, 0.3) is 5.56 Å². The number of hydrogen-bond acceptors (Lipinski definition) is 5. The zero-order chi connectivity index (χ0) is 17.6. The molecule has 0 fully saturated rings. The summed E-state index contributed by atoms with van der Waals surface area (Å²) in [6.45, 7) is 0.488. The number of aromatic amines is 1. The first kappa shape index (κ1) is 19.3. The first-order valence-electron chi connectivity index (χ1n) is 8.06. The van der Waals surface area contributed by atoms with E-state index in [1.165, 1.54) is 0 Å². The molecule has 5 N–H and O–H groups in total. The predicted molar refractivity (Wildman–Crippen MR) is 107 cm³/mol. The highest BCUT2D eigenvalue weighted by molar-refractivity contribution is 5.85. The van der Waals surface area contributed by atoms with Crippen LogP contribution in [0.5, 0.6) is 5.75 Å². The highest BCUT2D eigenvalue weighted by atomic mass is 35.5. The Bertz CT molecular complexity index is 896. The molecule has 0 aliphatic rings. The van der Waals surface area contributed by atoms with Crippen LogP contribution in [-0.4, -0.2) is 16.6 Å². The molecule has 1 aromatic heterocycles. The van der Waals surface area contributed by atoms with E-state index in [0.717, 1.165) is 11.3 Å². The van der Waals surface area contributed by atoms with Crippen molar-refractivity contribution >= 4 is 24.0 Å². The number of rotatable bonds is 6. The molecule has 0 spiro atoms. The molecular formula is C19H21ClN4O2. The van der Waals surface area contributed by atoms with Crippen LogP contribution in [0.2, 0.25) is 0 Å². The van der Waals surface area contributed by atoms with Gasteiger partial charge in [-0.05, 0) is 37.1 Å². The lowest BCUT2D eigenvalue weighted by molar-refractivity contribution is 0.311. The monoisotopic (exact) mass is 372 g/mol. The number of nitrogens with zero attached hydrogens (tertiary/aromatic N) is 1. The van der Waals surface area contributed by atoms with Crippen molar-refractivity contribution in [3.05, 3.63) is 70.5 Å². The van der Waals surface area contributed by atoms with Gasteiger partial charge in [0, 0.05) is 16.8 Å². The Hall–Kier alpha value is -2.99. The van der Waals surface area contributed by atoms with Gasteiger partial charge in [-0.2, -0.15) is 0 Å². The van der Waals surface area contributed by atoms with E-state index in [4.69, 9.17) is 16.2 Å². The van der Waals surface area contributed by atoms with Crippen molar-refractivity contribution in [2.45, 2.75) is 12.8 Å². The maximum Gasteiger partial charge on any atom is 0.256 e. The van der Waals surface area contributed by atoms with Crippen LogP contribution in [0.15, 0.2) is 59.4 Å². The smallest absolute Gasteiger partial charge is 0.256 e. The summed E-state index contributed by atoms with van der Waals surface area (Å²) in [5.41, 5.74) is 13.9. The topological polar surface area (TPSA) is 107 Å². The number of benzene rings is 2. The third kappa shape index (κ3) is 4.77. The van der Waals surface area contributed by atoms with Gasteiger partial charge in [0.15, 0.2) is 0 Å². The summed E-state index contributed by atoms with van der Waals surface area (Å²) in [6, 6.07) is 16.8. The number of nitrogens with one attached hydrogen (secondary N) is 1. The zero-order valence-electron chi connectivity index (χ0n) is 14.1. The van der Waals surface area contributed by atoms with Crippen molar-refractivity contribution in [3.8, 4) is 17.0 Å². The zero-order valence-corrected chi connectivity index (χ0v) is 15.0. The Kier molecular flexibility index (Phi) is 6.63. The Labute approximate surface area is 157 Å². The van der Waals surface area contributed by atoms with Crippen molar-refractivity contribution in [1.82, 2.24) is 9.97 Å². The Balaban J connectivity index is 0.00000243. The third-order valence-electron chi connectivity index (χ3n) is 3.80. The molecule has 6 nitrogen and oxygen atoms in total. The third-order valence-corrected chi connectivity index (χ3v) is 3.80. The molecule has 7 heteroatoms. The summed E-state index contributed by atoms with van der Waals surface area (Å²) in [6.07, 6.45) is 1.22. The summed E-state index contributed by atoms with van der Waals surface area (Å²) in [5.74, 6) is 0.868. The van der Waals surface area contributed by atoms with Gasteiger partial charge in [-0.1, -0.05) is 30.3 Å². The Morgan fingerprint density at radius 1 is 1.00 bits per heavy atom. The molecule has 0 bridgehead atoms. The maximum atomic E-state index is 12.3. The van der Waals surface area contributed by atoms with E-state index in [1.54, 1.807) is 12.1 Å². The van der Waals surface area contributed by atoms with E-state index < -0.39 is 0 Å². The molecule has 26 heavy (non-hydrogen) atoms. The highest BCUT2D eigenvalue weighted by Crippen LogP contribution is 2.21. The van der Waals surface area contributed by atoms with Crippen LogP contribution in [0, 0.1) is 0 Å². The molecule has 0 radical (unpaired) electrons. The fourth-order valence-electron chi connectivity index (χ4n) is 2.58. The van der Waals surface area contributed by atoms with Crippen LogP contribution < -0.4 is 21.8 Å². The van der Waals surface area contributed by atoms with Crippen LogP contribution in [0.4, 0.5) is 11.6 Å². The van der Waals surface area contributed by atoms with Gasteiger partial charge < -0.3 is 16.2 Å². The van der Waals surface area contributed by atoms with Crippen molar-refractivity contribution < 1.29 is 4.74 Å². The van der Waals surface area contributed by atoms with Crippen molar-refractivity contribution in [2.75, 3.05) is 18.1 Å². The van der Waals surface area contributed by atoms with Gasteiger partial charge in [0.05, 0.1) is 12.3 Å². The summed E-state index contributed by atoms with van der Waals surface area (Å²) < 4.78 is 5.68. The number of ether oxygens (including phenoxy) is 1. The molecule has 0 aliphatic heterocycles. The normalized spacial score (nSPS) is 10.2. The molecule has 0 amide bonds. The summed E-state index contributed by atoms with van der Waals surface area (Å²) in [7, 11) is 0. The minimum atomic E-state index is -0.209. The van der Waals surface area contributed by atoms with Gasteiger partial charge in [-0.15, -0.1) is 12.4 Å². The lowest BCUT2D eigenvalue weighted by Gasteiger charge is -2.10. The number of halogens is 1. The van der Waals surface area contributed by atoms with Crippen molar-refractivity contribution in [2.24, 2.45) is 0 Å². The van der Waals surface area contributed by atoms with Gasteiger partial charge in [0.2, 0.25) is 5.95 Å². The van der Waals surface area contributed by atoms with Crippen LogP contribution in [0.3, 0.4) is 0 Å². The number of hydrogen-bond donors (Lipinski definition) is 3. The standard InChI is InChI=1S/C19H20N4O2.ClH/c20-14-8-10-15(11-9-14)25-12-4-7-16-17(13-5-2-1-3-6-13)22-19(21)23-18(16)24;/h1-3,5-6,8-11H,4,7,12,20H2,(H3,21,22,23,24);1H. The lowest BCUT2D eigenvalue weighted by atomic mass is 10.0. The van der Waals surface area contributed by atoms with Crippen LogP contribution >= 0.6 is 12.4 Å². The van der Waals surface area contributed by atoms with E-state index >= 15 is 0 Å². The molecule has 0 atom stereocenters. The first-order valence-corrected chi connectivity index (χ1v) is 8.06. The van der Waals surface area contributed by atoms with Gasteiger partial charge >= 0.3 is 0 Å². The molecule has 0 saturated heterocycles. The number of nitrogen functional groups attached to an aromatic ring is 2. The molecular weight excluding hydrogens is 352 g/mol.